The maximum absolute atomic E-state index is 12.3. The van der Waals surface area contributed by atoms with Gasteiger partial charge in [0, 0.05) is 21.9 Å². The van der Waals surface area contributed by atoms with Crippen molar-refractivity contribution in [1.82, 2.24) is 0 Å². The van der Waals surface area contributed by atoms with E-state index in [2.05, 4.69) is 0 Å². The van der Waals surface area contributed by atoms with E-state index < -0.39 is 10.1 Å². The van der Waals surface area contributed by atoms with Crippen LogP contribution < -0.4 is 0 Å². The summed E-state index contributed by atoms with van der Waals surface area (Å²) in [6.07, 6.45) is 0.660. The maximum Gasteiger partial charge on any atom is 0.297 e. The standard InChI is InChI=1S/C17H16O3S.Ni/c1-2-10-20-21(18,19)17-9-5-8-15-11-13-6-3-4-7-14(13)12-16(15)17;/h3-9,11-12H,2,10H2,1H3;. The molecule has 0 N–H and O–H groups in total. The minimum absolute atomic E-state index is 0. The van der Waals surface area contributed by atoms with E-state index in [1.165, 1.54) is 0 Å². The van der Waals surface area contributed by atoms with Gasteiger partial charge < -0.3 is 0 Å². The van der Waals surface area contributed by atoms with E-state index in [1.807, 2.05) is 49.4 Å². The minimum atomic E-state index is -3.72. The van der Waals surface area contributed by atoms with Crippen molar-refractivity contribution in [3.05, 3.63) is 54.6 Å². The summed E-state index contributed by atoms with van der Waals surface area (Å²) in [5, 5.41) is 3.71. The molecule has 0 saturated heterocycles. The average Bonchev–Trinajstić information content (AvgIpc) is 2.50. The smallest absolute Gasteiger partial charge is 0.266 e. The molecule has 0 bridgehead atoms. The summed E-state index contributed by atoms with van der Waals surface area (Å²) in [6.45, 7) is 2.08. The predicted octanol–water partition coefficient (Wildman–Crippen LogP) is 4.11. The second-order valence-corrected chi connectivity index (χ2v) is 6.54. The van der Waals surface area contributed by atoms with Crippen LogP contribution in [0.1, 0.15) is 13.3 Å². The summed E-state index contributed by atoms with van der Waals surface area (Å²) in [5.74, 6) is 0. The van der Waals surface area contributed by atoms with Gasteiger partial charge in [-0.1, -0.05) is 43.3 Å². The van der Waals surface area contributed by atoms with Gasteiger partial charge in [0.25, 0.3) is 10.1 Å². The Morgan fingerprint density at radius 3 is 2.23 bits per heavy atom. The molecular formula is C17H16NiO3S. The van der Waals surface area contributed by atoms with Crippen LogP contribution >= 0.6 is 0 Å². The van der Waals surface area contributed by atoms with Crippen LogP contribution in [0.3, 0.4) is 0 Å². The minimum Gasteiger partial charge on any atom is -0.266 e. The molecule has 0 unspecified atom stereocenters. The van der Waals surface area contributed by atoms with Gasteiger partial charge >= 0.3 is 0 Å². The Balaban J connectivity index is 0.00000176. The van der Waals surface area contributed by atoms with Crippen LogP contribution in [0.15, 0.2) is 59.5 Å². The summed E-state index contributed by atoms with van der Waals surface area (Å²) in [7, 11) is -3.72. The van der Waals surface area contributed by atoms with E-state index in [4.69, 9.17) is 4.18 Å². The van der Waals surface area contributed by atoms with Crippen LogP contribution in [0.5, 0.6) is 0 Å². The van der Waals surface area contributed by atoms with Crippen molar-refractivity contribution >= 4 is 31.7 Å². The molecule has 0 fully saturated rings. The largest absolute Gasteiger partial charge is 0.297 e. The van der Waals surface area contributed by atoms with Gasteiger partial charge in [0.05, 0.1) is 6.61 Å². The molecule has 0 aliphatic heterocycles. The van der Waals surface area contributed by atoms with Crippen molar-refractivity contribution in [3.8, 4) is 0 Å². The second kappa shape index (κ2) is 6.78. The zero-order valence-corrected chi connectivity index (χ0v) is 13.9. The third kappa shape index (κ3) is 3.17. The normalized spacial score (nSPS) is 11.5. The van der Waals surface area contributed by atoms with Gasteiger partial charge in [-0.15, -0.1) is 0 Å². The van der Waals surface area contributed by atoms with Crippen molar-refractivity contribution in [2.45, 2.75) is 18.2 Å². The molecule has 0 aliphatic rings. The quantitative estimate of drug-likeness (QED) is 0.400. The Bertz CT molecular complexity index is 904. The fourth-order valence-electron chi connectivity index (χ4n) is 2.41. The molecule has 3 aromatic rings. The molecule has 0 heterocycles. The van der Waals surface area contributed by atoms with Crippen LogP contribution in [0, 0.1) is 0 Å². The van der Waals surface area contributed by atoms with E-state index in [1.54, 1.807) is 12.1 Å². The first-order valence-electron chi connectivity index (χ1n) is 6.93. The monoisotopic (exact) mass is 358 g/mol. The van der Waals surface area contributed by atoms with Crippen LogP contribution in [-0.4, -0.2) is 15.0 Å². The zero-order valence-electron chi connectivity index (χ0n) is 12.1. The first kappa shape index (κ1) is 16.9. The Morgan fingerprint density at radius 1 is 0.909 bits per heavy atom. The topological polar surface area (TPSA) is 43.4 Å². The molecule has 3 rings (SSSR count). The number of rotatable bonds is 4. The summed E-state index contributed by atoms with van der Waals surface area (Å²) in [5.41, 5.74) is 0. The molecule has 3 nitrogen and oxygen atoms in total. The summed E-state index contributed by atoms with van der Waals surface area (Å²) < 4.78 is 29.7. The molecule has 0 atom stereocenters. The number of hydrogen-bond donors (Lipinski definition) is 0. The Labute approximate surface area is 140 Å². The number of benzene rings is 3. The molecule has 5 heteroatoms. The number of hydrogen-bond acceptors (Lipinski definition) is 3. The van der Waals surface area contributed by atoms with Crippen LogP contribution in [0.4, 0.5) is 0 Å². The Morgan fingerprint density at radius 2 is 1.55 bits per heavy atom. The molecule has 0 aromatic heterocycles. The molecule has 22 heavy (non-hydrogen) atoms. The van der Waals surface area contributed by atoms with E-state index in [0.717, 1.165) is 16.2 Å². The van der Waals surface area contributed by atoms with Crippen LogP contribution in [0.2, 0.25) is 0 Å². The van der Waals surface area contributed by atoms with E-state index in [-0.39, 0.29) is 28.0 Å². The first-order valence-corrected chi connectivity index (χ1v) is 8.33. The molecular weight excluding hydrogens is 343 g/mol. The van der Waals surface area contributed by atoms with Crippen molar-refractivity contribution in [3.63, 3.8) is 0 Å². The average molecular weight is 359 g/mol. The van der Waals surface area contributed by atoms with E-state index in [0.29, 0.717) is 11.8 Å². The zero-order chi connectivity index (χ0) is 14.9. The Kier molecular flexibility index (Phi) is 5.22. The SMILES string of the molecule is CCCOS(=O)(=O)c1cccc2cc3ccccc3cc12.[Ni]. The molecule has 0 radical (unpaired) electrons. The summed E-state index contributed by atoms with van der Waals surface area (Å²) in [6, 6.07) is 17.1. The van der Waals surface area contributed by atoms with E-state index in [9.17, 15) is 8.42 Å². The molecule has 118 valence electrons. The molecule has 0 saturated carbocycles. The summed E-state index contributed by atoms with van der Waals surface area (Å²) in [4.78, 5) is 0.235. The molecule has 0 aliphatic carbocycles. The maximum atomic E-state index is 12.3. The predicted molar refractivity (Wildman–Crippen MR) is 84.9 cm³/mol. The van der Waals surface area contributed by atoms with E-state index >= 15 is 0 Å². The molecule has 3 aromatic carbocycles. The van der Waals surface area contributed by atoms with Crippen molar-refractivity contribution < 1.29 is 29.1 Å². The van der Waals surface area contributed by atoms with Gasteiger partial charge in [-0.3, -0.25) is 4.18 Å². The van der Waals surface area contributed by atoms with Crippen LogP contribution in [-0.2, 0) is 30.8 Å². The fourth-order valence-corrected chi connectivity index (χ4v) is 3.62. The van der Waals surface area contributed by atoms with Gasteiger partial charge in [-0.2, -0.15) is 8.42 Å². The van der Waals surface area contributed by atoms with Crippen molar-refractivity contribution in [2.75, 3.05) is 6.61 Å². The summed E-state index contributed by atoms with van der Waals surface area (Å²) >= 11 is 0. The van der Waals surface area contributed by atoms with Gasteiger partial charge in [0.15, 0.2) is 0 Å². The molecule has 0 spiro atoms. The van der Waals surface area contributed by atoms with Gasteiger partial charge in [0.1, 0.15) is 4.90 Å². The van der Waals surface area contributed by atoms with Gasteiger partial charge in [-0.05, 0) is 40.8 Å². The third-order valence-electron chi connectivity index (χ3n) is 3.42. The Hall–Kier alpha value is -1.42. The fraction of sp³-hybridized carbons (Fsp3) is 0.176. The number of fused-ring (bicyclic) bond motifs is 2. The second-order valence-electron chi connectivity index (χ2n) is 4.95. The van der Waals surface area contributed by atoms with Gasteiger partial charge in [-0.25, -0.2) is 0 Å². The van der Waals surface area contributed by atoms with Crippen LogP contribution in [0.25, 0.3) is 21.5 Å². The van der Waals surface area contributed by atoms with Crippen molar-refractivity contribution in [2.24, 2.45) is 0 Å². The first-order chi connectivity index (χ1) is 10.1. The third-order valence-corrected chi connectivity index (χ3v) is 4.79. The molecule has 0 amide bonds. The van der Waals surface area contributed by atoms with Gasteiger partial charge in [0.2, 0.25) is 0 Å². The van der Waals surface area contributed by atoms with Crippen molar-refractivity contribution in [1.29, 1.82) is 0 Å².